The molecule has 0 bridgehead atoms. The molecule has 1 heterocycles. The minimum absolute atomic E-state index is 0.0353. The van der Waals surface area contributed by atoms with Gasteiger partial charge in [0, 0.05) is 25.7 Å². The number of nitrogens with zero attached hydrogens (tertiary/aromatic N) is 3. The lowest BCUT2D eigenvalue weighted by atomic mass is 10.4. The van der Waals surface area contributed by atoms with Crippen molar-refractivity contribution in [2.24, 2.45) is 7.05 Å². The number of halogens is 1. The molecule has 0 unspecified atom stereocenters. The molecule has 82 valence electrons. The summed E-state index contributed by atoms with van der Waals surface area (Å²) < 4.78 is 1.67. The number of hydrogen-bond donors (Lipinski definition) is 0. The van der Waals surface area contributed by atoms with Crippen molar-refractivity contribution in [1.29, 1.82) is 0 Å². The molecule has 1 aromatic heterocycles. The lowest BCUT2D eigenvalue weighted by molar-refractivity contribution is 0.682. The smallest absolute Gasteiger partial charge is 0.221 e. The number of aromatic nitrogens is 2. The summed E-state index contributed by atoms with van der Waals surface area (Å²) in [6.07, 6.45) is 2.40. The normalized spacial score (nSPS) is 15.4. The fourth-order valence-electron chi connectivity index (χ4n) is 1.76. The Morgan fingerprint density at radius 1 is 1.67 bits per heavy atom. The molecule has 1 fully saturated rings. The molecule has 4 nitrogen and oxygen atoms in total. The standard InChI is InChI=1S/C10H14ClN3O/c1-3-14(7-4-5-7)9-6-8(15)10(11)12-13(9)2/h6-7H,3-5H2,1-2H3. The largest absolute Gasteiger partial charge is 0.354 e. The Hall–Kier alpha value is -1.03. The van der Waals surface area contributed by atoms with Gasteiger partial charge >= 0.3 is 0 Å². The summed E-state index contributed by atoms with van der Waals surface area (Å²) in [5, 5.41) is 4.02. The second-order valence-electron chi connectivity index (χ2n) is 3.80. The van der Waals surface area contributed by atoms with Crippen LogP contribution in [0.15, 0.2) is 10.9 Å². The number of hydrogen-bond acceptors (Lipinski definition) is 3. The van der Waals surface area contributed by atoms with Crippen LogP contribution in [0.4, 0.5) is 5.82 Å². The highest BCUT2D eigenvalue weighted by Crippen LogP contribution is 2.30. The number of aryl methyl sites for hydroxylation is 1. The third kappa shape index (κ3) is 2.00. The van der Waals surface area contributed by atoms with E-state index in [-0.39, 0.29) is 10.6 Å². The first kappa shape index (κ1) is 10.5. The van der Waals surface area contributed by atoms with E-state index >= 15 is 0 Å². The van der Waals surface area contributed by atoms with Crippen molar-refractivity contribution in [2.45, 2.75) is 25.8 Å². The first-order valence-corrected chi connectivity index (χ1v) is 5.51. The second-order valence-corrected chi connectivity index (χ2v) is 4.16. The summed E-state index contributed by atoms with van der Waals surface area (Å²) >= 11 is 5.67. The van der Waals surface area contributed by atoms with Crippen LogP contribution in [0.3, 0.4) is 0 Å². The van der Waals surface area contributed by atoms with Crippen LogP contribution >= 0.6 is 11.6 Å². The summed E-state index contributed by atoms with van der Waals surface area (Å²) in [6.45, 7) is 2.97. The van der Waals surface area contributed by atoms with E-state index in [1.54, 1.807) is 10.7 Å². The van der Waals surface area contributed by atoms with Gasteiger partial charge in [-0.2, -0.15) is 5.10 Å². The van der Waals surface area contributed by atoms with E-state index in [1.807, 2.05) is 7.05 Å². The zero-order chi connectivity index (χ0) is 11.0. The lowest BCUT2D eigenvalue weighted by Crippen LogP contribution is -2.30. The number of anilines is 1. The van der Waals surface area contributed by atoms with E-state index in [0.29, 0.717) is 6.04 Å². The average Bonchev–Trinajstić information content (AvgIpc) is 2.99. The van der Waals surface area contributed by atoms with Crippen LogP contribution in [-0.4, -0.2) is 22.4 Å². The molecule has 0 atom stereocenters. The van der Waals surface area contributed by atoms with Crippen molar-refractivity contribution in [3.63, 3.8) is 0 Å². The molecule has 1 aliphatic rings. The summed E-state index contributed by atoms with van der Waals surface area (Å²) in [5.74, 6) is 0.856. The van der Waals surface area contributed by atoms with Crippen molar-refractivity contribution < 1.29 is 0 Å². The Balaban J connectivity index is 2.41. The Bertz CT molecular complexity index is 425. The van der Waals surface area contributed by atoms with Gasteiger partial charge in [-0.25, -0.2) is 0 Å². The monoisotopic (exact) mass is 227 g/mol. The molecule has 0 radical (unpaired) electrons. The summed E-state index contributed by atoms with van der Waals surface area (Å²) in [6, 6.07) is 2.14. The van der Waals surface area contributed by atoms with Gasteiger partial charge < -0.3 is 4.90 Å². The maximum Gasteiger partial charge on any atom is 0.221 e. The summed E-state index contributed by atoms with van der Waals surface area (Å²) in [4.78, 5) is 13.6. The van der Waals surface area contributed by atoms with E-state index < -0.39 is 0 Å². The van der Waals surface area contributed by atoms with Crippen LogP contribution in [0.1, 0.15) is 19.8 Å². The van der Waals surface area contributed by atoms with Gasteiger partial charge in [-0.3, -0.25) is 9.48 Å². The molecule has 0 spiro atoms. The van der Waals surface area contributed by atoms with Crippen LogP contribution in [-0.2, 0) is 7.05 Å². The van der Waals surface area contributed by atoms with Crippen molar-refractivity contribution >= 4 is 17.4 Å². The van der Waals surface area contributed by atoms with Gasteiger partial charge in [0.05, 0.1) is 0 Å². The van der Waals surface area contributed by atoms with Crippen molar-refractivity contribution in [3.05, 3.63) is 21.4 Å². The maximum atomic E-state index is 11.4. The first-order valence-electron chi connectivity index (χ1n) is 5.14. The fourth-order valence-corrected chi connectivity index (χ4v) is 1.93. The Morgan fingerprint density at radius 3 is 2.87 bits per heavy atom. The summed E-state index contributed by atoms with van der Waals surface area (Å²) in [7, 11) is 1.81. The van der Waals surface area contributed by atoms with Crippen LogP contribution in [0.2, 0.25) is 5.15 Å². The molecule has 1 aliphatic carbocycles. The predicted octanol–water partition coefficient (Wildman–Crippen LogP) is 1.42. The van der Waals surface area contributed by atoms with Crippen LogP contribution in [0.5, 0.6) is 0 Å². The zero-order valence-corrected chi connectivity index (χ0v) is 9.66. The lowest BCUT2D eigenvalue weighted by Gasteiger charge is -2.24. The van der Waals surface area contributed by atoms with Gasteiger partial charge in [0.15, 0.2) is 5.15 Å². The van der Waals surface area contributed by atoms with Crippen LogP contribution in [0.25, 0.3) is 0 Å². The summed E-state index contributed by atoms with van der Waals surface area (Å²) in [5.41, 5.74) is -0.205. The van der Waals surface area contributed by atoms with Gasteiger partial charge in [0.25, 0.3) is 0 Å². The molecule has 0 saturated heterocycles. The van der Waals surface area contributed by atoms with Gasteiger partial charge in [-0.15, -0.1) is 0 Å². The van der Waals surface area contributed by atoms with Gasteiger partial charge in [0.2, 0.25) is 5.43 Å². The fraction of sp³-hybridized carbons (Fsp3) is 0.600. The van der Waals surface area contributed by atoms with E-state index in [4.69, 9.17) is 11.6 Å². The minimum Gasteiger partial charge on any atom is -0.354 e. The molecular formula is C10H14ClN3O. The van der Waals surface area contributed by atoms with Crippen molar-refractivity contribution in [1.82, 2.24) is 9.78 Å². The van der Waals surface area contributed by atoms with E-state index in [1.165, 1.54) is 12.8 Å². The molecule has 0 amide bonds. The van der Waals surface area contributed by atoms with Crippen molar-refractivity contribution in [3.8, 4) is 0 Å². The maximum absolute atomic E-state index is 11.4. The van der Waals surface area contributed by atoms with Crippen molar-refractivity contribution in [2.75, 3.05) is 11.4 Å². The van der Waals surface area contributed by atoms with E-state index in [0.717, 1.165) is 12.4 Å². The SMILES string of the molecule is CCN(c1cc(=O)c(Cl)nn1C)C1CC1. The molecule has 1 saturated carbocycles. The third-order valence-electron chi connectivity index (χ3n) is 2.66. The highest BCUT2D eigenvalue weighted by Gasteiger charge is 2.29. The van der Waals surface area contributed by atoms with Gasteiger partial charge in [-0.05, 0) is 19.8 Å². The Kier molecular flexibility index (Phi) is 2.69. The van der Waals surface area contributed by atoms with Crippen LogP contribution in [0, 0.1) is 0 Å². The minimum atomic E-state index is -0.205. The molecular weight excluding hydrogens is 214 g/mol. The topological polar surface area (TPSA) is 38.1 Å². The quantitative estimate of drug-likeness (QED) is 0.784. The predicted molar refractivity (Wildman–Crippen MR) is 60.5 cm³/mol. The second kappa shape index (κ2) is 3.85. The molecule has 0 aliphatic heterocycles. The average molecular weight is 228 g/mol. The van der Waals surface area contributed by atoms with Gasteiger partial charge in [0.1, 0.15) is 5.82 Å². The molecule has 15 heavy (non-hydrogen) atoms. The van der Waals surface area contributed by atoms with Gasteiger partial charge in [-0.1, -0.05) is 11.6 Å². The Morgan fingerprint density at radius 2 is 2.33 bits per heavy atom. The molecule has 5 heteroatoms. The molecule has 0 N–H and O–H groups in total. The molecule has 1 aromatic rings. The highest BCUT2D eigenvalue weighted by molar-refractivity contribution is 6.29. The van der Waals surface area contributed by atoms with E-state index in [9.17, 15) is 4.79 Å². The van der Waals surface area contributed by atoms with Crippen LogP contribution < -0.4 is 10.3 Å². The van der Waals surface area contributed by atoms with E-state index in [2.05, 4.69) is 16.9 Å². The first-order chi connectivity index (χ1) is 7.13. The highest BCUT2D eigenvalue weighted by atomic mass is 35.5. The molecule has 2 rings (SSSR count). The number of rotatable bonds is 3. The molecule has 0 aromatic carbocycles. The third-order valence-corrected chi connectivity index (χ3v) is 2.92. The Labute approximate surface area is 93.5 Å². The zero-order valence-electron chi connectivity index (χ0n) is 8.90.